The van der Waals surface area contributed by atoms with E-state index in [2.05, 4.69) is 40.6 Å². The molecule has 1 aromatic heterocycles. The minimum atomic E-state index is 0.691. The molecule has 2 nitrogen and oxygen atoms in total. The maximum Gasteiger partial charge on any atom is 0.0639 e. The second-order valence-electron chi connectivity index (χ2n) is 4.38. The van der Waals surface area contributed by atoms with E-state index in [0.717, 1.165) is 11.3 Å². The van der Waals surface area contributed by atoms with Crippen LogP contribution in [0.1, 0.15) is 5.56 Å². The van der Waals surface area contributed by atoms with Gasteiger partial charge in [-0.1, -0.05) is 41.9 Å². The lowest BCUT2D eigenvalue weighted by Crippen LogP contribution is -2.00. The molecule has 0 bridgehead atoms. The number of fused-ring (bicyclic) bond motifs is 1. The fraction of sp³-hybridized carbons (Fsp3) is 0.0625. The second kappa shape index (κ2) is 5.29. The average Bonchev–Trinajstić information content (AvgIpc) is 2.46. The molecule has 19 heavy (non-hydrogen) atoms. The number of nitrogens with one attached hydrogen (secondary N) is 1. The highest BCUT2D eigenvalue weighted by Crippen LogP contribution is 2.20. The Morgan fingerprint density at radius 2 is 1.84 bits per heavy atom. The van der Waals surface area contributed by atoms with E-state index in [1.807, 2.05) is 18.2 Å². The van der Waals surface area contributed by atoms with Crippen molar-refractivity contribution in [3.8, 4) is 0 Å². The number of halogens is 1. The molecule has 0 spiro atoms. The molecule has 0 amide bonds. The maximum absolute atomic E-state index is 6.08. The lowest BCUT2D eigenvalue weighted by atomic mass is 10.1. The molecule has 3 rings (SSSR count). The van der Waals surface area contributed by atoms with Crippen LogP contribution in [0.25, 0.3) is 10.8 Å². The van der Waals surface area contributed by atoms with Gasteiger partial charge in [-0.2, -0.15) is 0 Å². The molecule has 0 fully saturated rings. The van der Waals surface area contributed by atoms with Gasteiger partial charge in [-0.25, -0.2) is 0 Å². The SMILES string of the molecule is Clc1cnccc1CNc1ccc2ccccc2c1. The Hall–Kier alpha value is -2.06. The van der Waals surface area contributed by atoms with Crippen molar-refractivity contribution in [2.45, 2.75) is 6.54 Å². The Labute approximate surface area is 117 Å². The van der Waals surface area contributed by atoms with Crippen LogP contribution in [-0.2, 0) is 6.54 Å². The summed E-state index contributed by atoms with van der Waals surface area (Å²) in [4.78, 5) is 3.98. The molecule has 0 aliphatic rings. The average molecular weight is 269 g/mol. The van der Waals surface area contributed by atoms with Crippen LogP contribution in [0.15, 0.2) is 60.9 Å². The summed E-state index contributed by atoms with van der Waals surface area (Å²) in [7, 11) is 0. The third kappa shape index (κ3) is 2.69. The second-order valence-corrected chi connectivity index (χ2v) is 4.79. The molecule has 1 N–H and O–H groups in total. The van der Waals surface area contributed by atoms with Crippen LogP contribution in [0, 0.1) is 0 Å². The van der Waals surface area contributed by atoms with Crippen LogP contribution in [0.2, 0.25) is 5.02 Å². The summed E-state index contributed by atoms with van der Waals surface area (Å²) < 4.78 is 0. The number of pyridine rings is 1. The molecule has 0 aliphatic carbocycles. The molecule has 1 heterocycles. The van der Waals surface area contributed by atoms with Gasteiger partial charge in [0.05, 0.1) is 5.02 Å². The smallest absolute Gasteiger partial charge is 0.0639 e. The quantitative estimate of drug-likeness (QED) is 0.756. The molecule has 3 heteroatoms. The highest BCUT2D eigenvalue weighted by Gasteiger charge is 2.00. The molecule has 94 valence electrons. The van der Waals surface area contributed by atoms with E-state index in [4.69, 9.17) is 11.6 Å². The first kappa shape index (κ1) is 12.0. The molecule has 0 aliphatic heterocycles. The van der Waals surface area contributed by atoms with Gasteiger partial charge in [-0.15, -0.1) is 0 Å². The van der Waals surface area contributed by atoms with Gasteiger partial charge in [0, 0.05) is 24.6 Å². The van der Waals surface area contributed by atoms with Crippen molar-refractivity contribution in [1.29, 1.82) is 0 Å². The van der Waals surface area contributed by atoms with E-state index in [0.29, 0.717) is 11.6 Å². The van der Waals surface area contributed by atoms with E-state index in [1.54, 1.807) is 12.4 Å². The number of nitrogens with zero attached hydrogens (tertiary/aromatic N) is 1. The van der Waals surface area contributed by atoms with Gasteiger partial charge in [0.25, 0.3) is 0 Å². The largest absolute Gasteiger partial charge is 0.381 e. The molecule has 0 unspecified atom stereocenters. The van der Waals surface area contributed by atoms with Crippen molar-refractivity contribution in [1.82, 2.24) is 4.98 Å². The number of anilines is 1. The van der Waals surface area contributed by atoms with Crippen molar-refractivity contribution >= 4 is 28.1 Å². The van der Waals surface area contributed by atoms with Crippen molar-refractivity contribution in [2.75, 3.05) is 5.32 Å². The standard InChI is InChI=1S/C16H13ClN2/c17-16-11-18-8-7-14(16)10-19-15-6-5-12-3-1-2-4-13(12)9-15/h1-9,11,19H,10H2. The van der Waals surface area contributed by atoms with Crippen molar-refractivity contribution in [3.63, 3.8) is 0 Å². The van der Waals surface area contributed by atoms with E-state index < -0.39 is 0 Å². The van der Waals surface area contributed by atoms with E-state index in [9.17, 15) is 0 Å². The summed E-state index contributed by atoms with van der Waals surface area (Å²) in [5.41, 5.74) is 2.14. The molecule has 0 saturated heterocycles. The van der Waals surface area contributed by atoms with E-state index >= 15 is 0 Å². The summed E-state index contributed by atoms with van der Waals surface area (Å²) in [6.07, 6.45) is 3.42. The lowest BCUT2D eigenvalue weighted by molar-refractivity contribution is 1.13. The fourth-order valence-corrected chi connectivity index (χ4v) is 2.23. The Balaban J connectivity index is 1.80. The fourth-order valence-electron chi connectivity index (χ4n) is 2.04. The molecule has 0 atom stereocenters. The van der Waals surface area contributed by atoms with Gasteiger partial charge < -0.3 is 5.32 Å². The monoisotopic (exact) mass is 268 g/mol. The summed E-state index contributed by atoms with van der Waals surface area (Å²) in [5, 5.41) is 6.55. The molecule has 0 radical (unpaired) electrons. The zero-order valence-corrected chi connectivity index (χ0v) is 11.1. The zero-order valence-electron chi connectivity index (χ0n) is 10.3. The number of hydrogen-bond acceptors (Lipinski definition) is 2. The van der Waals surface area contributed by atoms with Gasteiger partial charge in [-0.3, -0.25) is 4.98 Å². The Kier molecular flexibility index (Phi) is 3.34. The summed E-state index contributed by atoms with van der Waals surface area (Å²) >= 11 is 6.08. The van der Waals surface area contributed by atoms with Crippen LogP contribution in [0.3, 0.4) is 0 Å². The number of benzene rings is 2. The lowest BCUT2D eigenvalue weighted by Gasteiger charge is -2.08. The zero-order chi connectivity index (χ0) is 13.1. The first-order valence-electron chi connectivity index (χ1n) is 6.14. The highest BCUT2D eigenvalue weighted by atomic mass is 35.5. The first-order valence-corrected chi connectivity index (χ1v) is 6.52. The van der Waals surface area contributed by atoms with Crippen molar-refractivity contribution < 1.29 is 0 Å². The van der Waals surface area contributed by atoms with Gasteiger partial charge in [0.2, 0.25) is 0 Å². The summed E-state index contributed by atoms with van der Waals surface area (Å²) in [6, 6.07) is 16.6. The number of rotatable bonds is 3. The minimum absolute atomic E-state index is 0.691. The molecular formula is C16H13ClN2. The highest BCUT2D eigenvalue weighted by molar-refractivity contribution is 6.31. The summed E-state index contributed by atoms with van der Waals surface area (Å²) in [5.74, 6) is 0. The van der Waals surface area contributed by atoms with Crippen LogP contribution < -0.4 is 5.32 Å². The molecular weight excluding hydrogens is 256 g/mol. The Morgan fingerprint density at radius 3 is 2.68 bits per heavy atom. The topological polar surface area (TPSA) is 24.9 Å². The van der Waals surface area contributed by atoms with E-state index in [1.165, 1.54) is 10.8 Å². The van der Waals surface area contributed by atoms with Gasteiger partial charge >= 0.3 is 0 Å². The Morgan fingerprint density at radius 1 is 1.00 bits per heavy atom. The number of hydrogen-bond donors (Lipinski definition) is 1. The van der Waals surface area contributed by atoms with Crippen LogP contribution >= 0.6 is 11.6 Å². The predicted octanol–water partition coefficient (Wildman–Crippen LogP) is 4.50. The normalized spacial score (nSPS) is 10.6. The molecule has 3 aromatic rings. The van der Waals surface area contributed by atoms with Crippen LogP contribution in [0.5, 0.6) is 0 Å². The van der Waals surface area contributed by atoms with Crippen molar-refractivity contribution in [2.24, 2.45) is 0 Å². The minimum Gasteiger partial charge on any atom is -0.381 e. The van der Waals surface area contributed by atoms with Crippen LogP contribution in [-0.4, -0.2) is 4.98 Å². The predicted molar refractivity (Wildman–Crippen MR) is 80.5 cm³/mol. The van der Waals surface area contributed by atoms with Gasteiger partial charge in [-0.05, 0) is 34.5 Å². The van der Waals surface area contributed by atoms with Crippen molar-refractivity contribution in [3.05, 3.63) is 71.5 Å². The summed E-state index contributed by atoms with van der Waals surface area (Å²) in [6.45, 7) is 0.694. The van der Waals surface area contributed by atoms with E-state index in [-0.39, 0.29) is 0 Å². The number of aromatic nitrogens is 1. The third-order valence-corrected chi connectivity index (χ3v) is 3.43. The first-order chi connectivity index (χ1) is 9.33. The van der Waals surface area contributed by atoms with Gasteiger partial charge in [0.1, 0.15) is 0 Å². The van der Waals surface area contributed by atoms with Gasteiger partial charge in [0.15, 0.2) is 0 Å². The maximum atomic E-state index is 6.08. The third-order valence-electron chi connectivity index (χ3n) is 3.09. The molecule has 2 aromatic carbocycles. The Bertz CT molecular complexity index is 710. The molecule has 0 saturated carbocycles. The van der Waals surface area contributed by atoms with Crippen LogP contribution in [0.4, 0.5) is 5.69 Å².